The monoisotopic (exact) mass is 293 g/mol. The molecule has 0 aliphatic carbocycles. The molecule has 0 saturated carbocycles. The van der Waals surface area contributed by atoms with Crippen molar-refractivity contribution in [1.82, 2.24) is 0 Å². The Balaban J connectivity index is 2.23. The number of hydrogen-bond acceptors (Lipinski definition) is 4. The lowest BCUT2D eigenvalue weighted by atomic mass is 10.2. The molecule has 0 spiro atoms. The summed E-state index contributed by atoms with van der Waals surface area (Å²) in [6.07, 6.45) is 0.471. The van der Waals surface area contributed by atoms with Gasteiger partial charge in [-0.25, -0.2) is 8.78 Å². The maximum absolute atomic E-state index is 13.0. The maximum atomic E-state index is 13.0. The molecular weight excluding hydrogens is 284 g/mol. The van der Waals surface area contributed by atoms with Crippen LogP contribution in [0, 0.1) is 21.7 Å². The van der Waals surface area contributed by atoms with Gasteiger partial charge < -0.3 is 4.74 Å². The average molecular weight is 293 g/mol. The summed E-state index contributed by atoms with van der Waals surface area (Å²) in [6, 6.07) is 6.52. The molecule has 0 aliphatic rings. The van der Waals surface area contributed by atoms with Crippen molar-refractivity contribution in [2.45, 2.75) is 6.61 Å². The van der Waals surface area contributed by atoms with E-state index in [0.29, 0.717) is 12.4 Å². The van der Waals surface area contributed by atoms with Crippen LogP contribution in [0.1, 0.15) is 15.9 Å². The third-order valence-corrected chi connectivity index (χ3v) is 2.63. The van der Waals surface area contributed by atoms with Crippen LogP contribution in [0.5, 0.6) is 5.75 Å². The van der Waals surface area contributed by atoms with Crippen LogP contribution in [0.2, 0.25) is 0 Å². The highest BCUT2D eigenvalue weighted by molar-refractivity contribution is 5.77. The fourth-order valence-corrected chi connectivity index (χ4v) is 1.73. The SMILES string of the molecule is O=Cc1ccc(OCc2cc(F)cc(F)c2)c([N+](=O)[O-])c1. The van der Waals surface area contributed by atoms with Crippen LogP contribution in [-0.4, -0.2) is 11.2 Å². The quantitative estimate of drug-likeness (QED) is 0.482. The van der Waals surface area contributed by atoms with E-state index in [1.54, 1.807) is 0 Å². The Morgan fingerprint density at radius 1 is 1.14 bits per heavy atom. The standard InChI is InChI=1S/C14H9F2NO4/c15-11-3-10(4-12(16)6-11)8-21-14-2-1-9(7-18)5-13(14)17(19)20/h1-7H,8H2. The number of ether oxygens (including phenoxy) is 1. The van der Waals surface area contributed by atoms with E-state index in [-0.39, 0.29) is 23.5 Å². The van der Waals surface area contributed by atoms with Crippen molar-refractivity contribution in [3.63, 3.8) is 0 Å². The zero-order valence-corrected chi connectivity index (χ0v) is 10.6. The molecule has 0 aromatic heterocycles. The van der Waals surface area contributed by atoms with Gasteiger partial charge >= 0.3 is 5.69 Å². The Morgan fingerprint density at radius 2 is 1.81 bits per heavy atom. The van der Waals surface area contributed by atoms with Crippen LogP contribution in [0.3, 0.4) is 0 Å². The van der Waals surface area contributed by atoms with Gasteiger partial charge in [0.1, 0.15) is 24.5 Å². The van der Waals surface area contributed by atoms with Crippen molar-refractivity contribution in [3.8, 4) is 5.75 Å². The van der Waals surface area contributed by atoms with Gasteiger partial charge in [0.2, 0.25) is 0 Å². The van der Waals surface area contributed by atoms with Crippen molar-refractivity contribution in [1.29, 1.82) is 0 Å². The lowest BCUT2D eigenvalue weighted by molar-refractivity contribution is -0.386. The molecule has 0 saturated heterocycles. The van der Waals surface area contributed by atoms with Gasteiger partial charge in [0.25, 0.3) is 0 Å². The molecular formula is C14H9F2NO4. The molecule has 5 nitrogen and oxygen atoms in total. The molecule has 0 radical (unpaired) electrons. The van der Waals surface area contributed by atoms with E-state index < -0.39 is 22.2 Å². The summed E-state index contributed by atoms with van der Waals surface area (Å²) in [4.78, 5) is 20.8. The lowest BCUT2D eigenvalue weighted by Crippen LogP contribution is -2.01. The highest BCUT2D eigenvalue weighted by Crippen LogP contribution is 2.28. The first-order valence-corrected chi connectivity index (χ1v) is 5.81. The van der Waals surface area contributed by atoms with Crippen molar-refractivity contribution in [2.75, 3.05) is 0 Å². The molecule has 2 aromatic carbocycles. The van der Waals surface area contributed by atoms with E-state index in [2.05, 4.69) is 0 Å². The summed E-state index contributed by atoms with van der Waals surface area (Å²) >= 11 is 0. The second-order valence-electron chi connectivity index (χ2n) is 4.17. The molecule has 0 fully saturated rings. The van der Waals surface area contributed by atoms with Gasteiger partial charge in [0, 0.05) is 17.7 Å². The van der Waals surface area contributed by atoms with E-state index in [1.807, 2.05) is 0 Å². The van der Waals surface area contributed by atoms with E-state index in [9.17, 15) is 23.7 Å². The van der Waals surface area contributed by atoms with Gasteiger partial charge in [-0.3, -0.25) is 14.9 Å². The Labute approximate surface area is 117 Å². The lowest BCUT2D eigenvalue weighted by Gasteiger charge is -2.07. The topological polar surface area (TPSA) is 69.4 Å². The van der Waals surface area contributed by atoms with Gasteiger partial charge in [-0.05, 0) is 29.8 Å². The second-order valence-corrected chi connectivity index (χ2v) is 4.17. The van der Waals surface area contributed by atoms with Gasteiger partial charge in [0.05, 0.1) is 4.92 Å². The minimum Gasteiger partial charge on any atom is -0.482 e. The van der Waals surface area contributed by atoms with E-state index in [4.69, 9.17) is 4.74 Å². The molecule has 0 aliphatic heterocycles. The summed E-state index contributed by atoms with van der Waals surface area (Å²) < 4.78 is 31.2. The molecule has 21 heavy (non-hydrogen) atoms. The predicted molar refractivity (Wildman–Crippen MR) is 69.2 cm³/mol. The molecule has 0 heterocycles. The molecule has 108 valence electrons. The van der Waals surface area contributed by atoms with Crippen molar-refractivity contribution in [2.24, 2.45) is 0 Å². The highest BCUT2D eigenvalue weighted by atomic mass is 19.1. The Bertz CT molecular complexity index is 683. The number of rotatable bonds is 5. The average Bonchev–Trinajstić information content (AvgIpc) is 2.43. The number of carbonyl (C=O) groups is 1. The number of nitrogens with zero attached hydrogens (tertiary/aromatic N) is 1. The molecule has 7 heteroatoms. The fraction of sp³-hybridized carbons (Fsp3) is 0.0714. The van der Waals surface area contributed by atoms with Gasteiger partial charge in [-0.2, -0.15) is 0 Å². The van der Waals surface area contributed by atoms with E-state index in [0.717, 1.165) is 18.2 Å². The largest absolute Gasteiger partial charge is 0.482 e. The molecule has 2 aromatic rings. The number of carbonyl (C=O) groups excluding carboxylic acids is 1. The van der Waals surface area contributed by atoms with Crippen LogP contribution in [0.25, 0.3) is 0 Å². The summed E-state index contributed by atoms with van der Waals surface area (Å²) in [7, 11) is 0. The number of nitro benzene ring substituents is 1. The van der Waals surface area contributed by atoms with Crippen LogP contribution >= 0.6 is 0 Å². The molecule has 0 amide bonds. The molecule has 0 bridgehead atoms. The number of nitro groups is 1. The number of halogens is 2. The van der Waals surface area contributed by atoms with Gasteiger partial charge in [0.15, 0.2) is 5.75 Å². The first-order chi connectivity index (χ1) is 9.99. The van der Waals surface area contributed by atoms with Crippen LogP contribution in [0.4, 0.5) is 14.5 Å². The Hall–Kier alpha value is -2.83. The minimum atomic E-state index is -0.764. The number of aldehydes is 1. The first kappa shape index (κ1) is 14.6. The van der Waals surface area contributed by atoms with Crippen molar-refractivity contribution >= 4 is 12.0 Å². The predicted octanol–water partition coefficient (Wildman–Crippen LogP) is 3.26. The normalized spacial score (nSPS) is 10.2. The third-order valence-electron chi connectivity index (χ3n) is 2.63. The molecule has 0 N–H and O–H groups in total. The van der Waals surface area contributed by atoms with Crippen LogP contribution in [0.15, 0.2) is 36.4 Å². The zero-order valence-electron chi connectivity index (χ0n) is 10.6. The number of benzene rings is 2. The summed E-state index contributed by atoms with van der Waals surface area (Å²) in [5.74, 6) is -1.62. The fourth-order valence-electron chi connectivity index (χ4n) is 1.73. The Kier molecular flexibility index (Phi) is 4.22. The van der Waals surface area contributed by atoms with E-state index in [1.165, 1.54) is 12.1 Å². The van der Waals surface area contributed by atoms with Gasteiger partial charge in [-0.15, -0.1) is 0 Å². The second kappa shape index (κ2) is 6.08. The van der Waals surface area contributed by atoms with Crippen molar-refractivity contribution in [3.05, 3.63) is 69.3 Å². The summed E-state index contributed by atoms with van der Waals surface area (Å²) in [5.41, 5.74) is -0.0661. The maximum Gasteiger partial charge on any atom is 0.311 e. The highest BCUT2D eigenvalue weighted by Gasteiger charge is 2.16. The minimum absolute atomic E-state index is 0.0877. The molecule has 2 rings (SSSR count). The van der Waals surface area contributed by atoms with Crippen molar-refractivity contribution < 1.29 is 23.2 Å². The number of hydrogen-bond donors (Lipinski definition) is 0. The molecule has 0 atom stereocenters. The summed E-state index contributed by atoms with van der Waals surface area (Å²) in [6.45, 7) is -0.240. The zero-order chi connectivity index (χ0) is 15.4. The third kappa shape index (κ3) is 3.59. The van der Waals surface area contributed by atoms with Crippen LogP contribution in [-0.2, 0) is 6.61 Å². The molecule has 0 unspecified atom stereocenters. The first-order valence-electron chi connectivity index (χ1n) is 5.81. The Morgan fingerprint density at radius 3 is 2.38 bits per heavy atom. The van der Waals surface area contributed by atoms with E-state index >= 15 is 0 Å². The smallest absolute Gasteiger partial charge is 0.311 e. The van der Waals surface area contributed by atoms with Crippen LogP contribution < -0.4 is 4.74 Å². The van der Waals surface area contributed by atoms with Gasteiger partial charge in [-0.1, -0.05) is 0 Å². The summed E-state index contributed by atoms with van der Waals surface area (Å²) in [5, 5.41) is 10.9.